The van der Waals surface area contributed by atoms with Crippen LogP contribution in [-0.2, 0) is 6.54 Å². The Hall–Kier alpha value is -1.36. The fourth-order valence-corrected chi connectivity index (χ4v) is 2.34. The van der Waals surface area contributed by atoms with E-state index in [9.17, 15) is 0 Å². The van der Waals surface area contributed by atoms with Crippen LogP contribution in [-0.4, -0.2) is 21.3 Å². The number of aromatic nitrogens is 3. The van der Waals surface area contributed by atoms with Gasteiger partial charge in [-0.05, 0) is 34.5 Å². The van der Waals surface area contributed by atoms with Gasteiger partial charge < -0.3 is 4.90 Å². The van der Waals surface area contributed by atoms with E-state index < -0.39 is 0 Å². The third-order valence-corrected chi connectivity index (χ3v) is 3.02. The molecule has 2 heterocycles. The van der Waals surface area contributed by atoms with Gasteiger partial charge in [0.15, 0.2) is 0 Å². The van der Waals surface area contributed by atoms with Gasteiger partial charge >= 0.3 is 0 Å². The highest BCUT2D eigenvalue weighted by atomic mass is 79.9. The van der Waals surface area contributed by atoms with Gasteiger partial charge in [-0.2, -0.15) is 4.98 Å². The molecule has 0 saturated heterocycles. The Balaban J connectivity index is 0.000000574. The largest absolute Gasteiger partial charge is 0.311 e. The second kappa shape index (κ2) is 6.00. The minimum Gasteiger partial charge on any atom is -0.311 e. The van der Waals surface area contributed by atoms with Crippen molar-refractivity contribution in [3.8, 4) is 0 Å². The summed E-state index contributed by atoms with van der Waals surface area (Å²) in [5.41, 5.74) is 1.17. The van der Waals surface area contributed by atoms with Crippen LogP contribution in [0, 0.1) is 0 Å². The summed E-state index contributed by atoms with van der Waals surface area (Å²) < 4.78 is 2.60. The van der Waals surface area contributed by atoms with Crippen molar-refractivity contribution in [2.24, 2.45) is 0 Å². The first-order valence-electron chi connectivity index (χ1n) is 6.27. The summed E-state index contributed by atoms with van der Waals surface area (Å²) >= 11 is 3.32. The molecular formula is C13H17BrN4. The average molecular weight is 309 g/mol. The number of fused-ring (bicyclic) bond motifs is 1. The van der Waals surface area contributed by atoms with E-state index in [0.29, 0.717) is 4.73 Å². The normalized spacial score (nSPS) is 13.6. The van der Waals surface area contributed by atoms with Crippen LogP contribution in [0.25, 0.3) is 0 Å². The summed E-state index contributed by atoms with van der Waals surface area (Å²) in [7, 11) is 0. The first-order valence-corrected chi connectivity index (χ1v) is 7.07. The van der Waals surface area contributed by atoms with E-state index in [1.807, 2.05) is 36.7 Å². The number of hydrogen-bond donors (Lipinski definition) is 0. The van der Waals surface area contributed by atoms with Crippen LogP contribution >= 0.6 is 15.9 Å². The summed E-state index contributed by atoms with van der Waals surface area (Å²) in [4.78, 5) is 6.60. The van der Waals surface area contributed by atoms with Crippen LogP contribution < -0.4 is 4.90 Å². The van der Waals surface area contributed by atoms with Gasteiger partial charge in [0.25, 0.3) is 0 Å². The van der Waals surface area contributed by atoms with Gasteiger partial charge in [-0.25, -0.2) is 4.68 Å². The Morgan fingerprint density at radius 2 is 1.83 bits per heavy atom. The molecule has 1 aliphatic heterocycles. The number of aryl methyl sites for hydroxylation is 1. The van der Waals surface area contributed by atoms with Crippen LogP contribution in [0.15, 0.2) is 35.1 Å². The molecule has 0 N–H and O–H groups in total. The zero-order valence-corrected chi connectivity index (χ0v) is 12.3. The van der Waals surface area contributed by atoms with Crippen molar-refractivity contribution in [3.05, 3.63) is 35.1 Å². The first kappa shape index (κ1) is 13.1. The lowest BCUT2D eigenvalue weighted by molar-refractivity contribution is 0.537. The number of anilines is 2. The van der Waals surface area contributed by atoms with Gasteiger partial charge in [-0.3, -0.25) is 0 Å². The topological polar surface area (TPSA) is 34.0 Å². The van der Waals surface area contributed by atoms with E-state index in [-0.39, 0.29) is 0 Å². The number of halogens is 1. The van der Waals surface area contributed by atoms with Crippen molar-refractivity contribution in [2.45, 2.75) is 26.8 Å². The minimum absolute atomic E-state index is 0.658. The van der Waals surface area contributed by atoms with Gasteiger partial charge in [-0.1, -0.05) is 32.0 Å². The Bertz CT molecular complexity index is 495. The van der Waals surface area contributed by atoms with Crippen LogP contribution in [0.1, 0.15) is 20.3 Å². The third kappa shape index (κ3) is 2.56. The molecule has 0 atom stereocenters. The molecule has 0 amide bonds. The molecule has 18 heavy (non-hydrogen) atoms. The molecule has 4 nitrogen and oxygen atoms in total. The lowest BCUT2D eigenvalue weighted by Crippen LogP contribution is -2.28. The van der Waals surface area contributed by atoms with Crippen LogP contribution in [0.2, 0.25) is 0 Å². The summed E-state index contributed by atoms with van der Waals surface area (Å²) in [5.74, 6) is 0.921. The van der Waals surface area contributed by atoms with Crippen molar-refractivity contribution in [1.82, 2.24) is 14.8 Å². The Kier molecular flexibility index (Phi) is 4.36. The monoisotopic (exact) mass is 308 g/mol. The lowest BCUT2D eigenvalue weighted by Gasteiger charge is -2.27. The Labute approximate surface area is 116 Å². The molecule has 0 fully saturated rings. The Morgan fingerprint density at radius 1 is 1.11 bits per heavy atom. The molecule has 0 radical (unpaired) electrons. The molecule has 0 aliphatic carbocycles. The van der Waals surface area contributed by atoms with Gasteiger partial charge in [-0.15, -0.1) is 5.10 Å². The highest BCUT2D eigenvalue weighted by Gasteiger charge is 2.21. The predicted molar refractivity (Wildman–Crippen MR) is 77.1 cm³/mol. The van der Waals surface area contributed by atoms with Gasteiger partial charge in [0.1, 0.15) is 0 Å². The molecule has 0 saturated carbocycles. The minimum atomic E-state index is 0.658. The van der Waals surface area contributed by atoms with Crippen molar-refractivity contribution >= 4 is 27.6 Å². The average Bonchev–Trinajstić information content (AvgIpc) is 2.82. The van der Waals surface area contributed by atoms with Crippen molar-refractivity contribution in [2.75, 3.05) is 11.4 Å². The van der Waals surface area contributed by atoms with E-state index in [1.54, 1.807) is 0 Å². The van der Waals surface area contributed by atoms with E-state index in [1.165, 1.54) is 5.69 Å². The summed E-state index contributed by atoms with van der Waals surface area (Å²) in [6.07, 6.45) is 1.09. The maximum Gasteiger partial charge on any atom is 0.229 e. The quantitative estimate of drug-likeness (QED) is 0.807. The number of rotatable bonds is 1. The van der Waals surface area contributed by atoms with E-state index in [0.717, 1.165) is 25.5 Å². The SMILES string of the molecule is Brc1nc2n(n1)CCCN2c1ccccc1.CC. The maximum absolute atomic E-state index is 4.40. The van der Waals surface area contributed by atoms with Crippen molar-refractivity contribution in [3.63, 3.8) is 0 Å². The number of benzene rings is 1. The number of para-hydroxylation sites is 1. The highest BCUT2D eigenvalue weighted by molar-refractivity contribution is 9.10. The first-order chi connectivity index (χ1) is 8.84. The zero-order valence-electron chi connectivity index (χ0n) is 10.7. The van der Waals surface area contributed by atoms with Crippen molar-refractivity contribution in [1.29, 1.82) is 0 Å². The van der Waals surface area contributed by atoms with E-state index in [2.05, 4.69) is 43.0 Å². The summed E-state index contributed by atoms with van der Waals surface area (Å²) in [6.45, 7) is 5.94. The van der Waals surface area contributed by atoms with Crippen LogP contribution in [0.3, 0.4) is 0 Å². The molecule has 5 heteroatoms. The fourth-order valence-electron chi connectivity index (χ4n) is 1.99. The molecule has 0 unspecified atom stereocenters. The number of nitrogens with zero attached hydrogens (tertiary/aromatic N) is 4. The zero-order chi connectivity index (χ0) is 13.0. The smallest absolute Gasteiger partial charge is 0.229 e. The molecule has 1 aliphatic rings. The summed E-state index contributed by atoms with van der Waals surface area (Å²) in [6, 6.07) is 10.3. The molecule has 0 spiro atoms. The second-order valence-electron chi connectivity index (χ2n) is 3.74. The lowest BCUT2D eigenvalue weighted by atomic mass is 10.2. The van der Waals surface area contributed by atoms with Gasteiger partial charge in [0.2, 0.25) is 10.7 Å². The van der Waals surface area contributed by atoms with E-state index >= 15 is 0 Å². The maximum atomic E-state index is 4.40. The molecule has 96 valence electrons. The number of hydrogen-bond acceptors (Lipinski definition) is 3. The molecule has 3 rings (SSSR count). The van der Waals surface area contributed by atoms with E-state index in [4.69, 9.17) is 0 Å². The molecule has 0 bridgehead atoms. The fraction of sp³-hybridized carbons (Fsp3) is 0.385. The van der Waals surface area contributed by atoms with Crippen molar-refractivity contribution < 1.29 is 0 Å². The molecule has 2 aromatic rings. The predicted octanol–water partition coefficient (Wildman–Crippen LogP) is 3.61. The van der Waals surface area contributed by atoms with Gasteiger partial charge in [0.05, 0.1) is 0 Å². The third-order valence-electron chi connectivity index (χ3n) is 2.69. The van der Waals surface area contributed by atoms with Crippen LogP contribution in [0.4, 0.5) is 11.6 Å². The summed E-state index contributed by atoms with van der Waals surface area (Å²) in [5, 5.41) is 4.31. The molecular weight excluding hydrogens is 292 g/mol. The standard InChI is InChI=1S/C11H11BrN4.C2H6/c12-10-13-11-15(7-4-8-16(11)14-10)9-5-2-1-3-6-9;1-2/h1-3,5-6H,4,7-8H2;1-2H3. The highest BCUT2D eigenvalue weighted by Crippen LogP contribution is 2.27. The molecule has 1 aromatic heterocycles. The van der Waals surface area contributed by atoms with Crippen LogP contribution in [0.5, 0.6) is 0 Å². The molecule has 1 aromatic carbocycles. The van der Waals surface area contributed by atoms with Gasteiger partial charge in [0, 0.05) is 18.8 Å². The Morgan fingerprint density at radius 3 is 2.56 bits per heavy atom. The second-order valence-corrected chi connectivity index (χ2v) is 4.45.